The molecule has 2 aromatic heterocycles. The molecule has 142 valence electrons. The number of pyridine rings is 1. The van der Waals surface area contributed by atoms with Crippen molar-refractivity contribution in [3.8, 4) is 11.1 Å². The van der Waals surface area contributed by atoms with Gasteiger partial charge in [0.1, 0.15) is 5.76 Å². The van der Waals surface area contributed by atoms with Gasteiger partial charge in [0.15, 0.2) is 0 Å². The summed E-state index contributed by atoms with van der Waals surface area (Å²) < 4.78 is 5.28. The lowest BCUT2D eigenvalue weighted by molar-refractivity contribution is 0.392. The molecule has 0 atom stereocenters. The minimum Gasteiger partial charge on any atom is -0.397 e. The topological polar surface area (TPSA) is 91.0 Å². The average Bonchev–Trinajstić information content (AvgIpc) is 3.00. The normalized spacial score (nSPS) is 11.2. The number of benzene rings is 2. The van der Waals surface area contributed by atoms with Crippen LogP contribution in [-0.2, 0) is 12.8 Å². The number of aryl methyl sites for hydroxylation is 4. The minimum absolute atomic E-state index is 0.603. The third-order valence-electron chi connectivity index (χ3n) is 5.38. The molecule has 0 spiro atoms. The van der Waals surface area contributed by atoms with Gasteiger partial charge in [0.25, 0.3) is 0 Å². The van der Waals surface area contributed by atoms with Crippen LogP contribution in [0.5, 0.6) is 0 Å². The molecule has 0 amide bonds. The molecule has 5 heteroatoms. The van der Waals surface area contributed by atoms with Crippen LogP contribution in [0, 0.1) is 20.8 Å². The van der Waals surface area contributed by atoms with Crippen molar-refractivity contribution in [1.29, 1.82) is 0 Å². The largest absolute Gasteiger partial charge is 0.397 e. The van der Waals surface area contributed by atoms with E-state index in [1.54, 1.807) is 6.20 Å². The molecular weight excluding hydrogens is 348 g/mol. The average molecular weight is 372 g/mol. The van der Waals surface area contributed by atoms with Crippen LogP contribution in [0.3, 0.4) is 0 Å². The Hall–Kier alpha value is -3.34. The number of nitrogen functional groups attached to an aromatic ring is 2. The molecule has 0 unspecified atom stereocenters. The molecule has 4 rings (SSSR count). The predicted molar refractivity (Wildman–Crippen MR) is 114 cm³/mol. The Morgan fingerprint density at radius 2 is 1.82 bits per heavy atom. The van der Waals surface area contributed by atoms with E-state index < -0.39 is 0 Å². The summed E-state index contributed by atoms with van der Waals surface area (Å²) in [5.74, 6) is 0.872. The van der Waals surface area contributed by atoms with Gasteiger partial charge in [-0.3, -0.25) is 4.98 Å². The molecule has 4 N–H and O–H groups in total. The van der Waals surface area contributed by atoms with Crippen LogP contribution in [0.15, 0.2) is 47.1 Å². The maximum absolute atomic E-state index is 6.41. The van der Waals surface area contributed by atoms with Crippen molar-refractivity contribution in [1.82, 2.24) is 10.1 Å². The van der Waals surface area contributed by atoms with E-state index in [0.29, 0.717) is 11.4 Å². The highest BCUT2D eigenvalue weighted by molar-refractivity contribution is 6.01. The Balaban J connectivity index is 1.80. The summed E-state index contributed by atoms with van der Waals surface area (Å²) in [7, 11) is 0. The summed E-state index contributed by atoms with van der Waals surface area (Å²) in [5.41, 5.74) is 21.3. The highest BCUT2D eigenvalue weighted by atomic mass is 16.5. The van der Waals surface area contributed by atoms with Crippen molar-refractivity contribution in [2.45, 2.75) is 33.6 Å². The van der Waals surface area contributed by atoms with Crippen LogP contribution in [0.1, 0.15) is 28.1 Å². The first-order valence-electron chi connectivity index (χ1n) is 9.40. The Kier molecular flexibility index (Phi) is 4.51. The summed E-state index contributed by atoms with van der Waals surface area (Å²) in [5, 5.41) is 5.12. The molecule has 0 fully saturated rings. The predicted octanol–water partition coefficient (Wildman–Crippen LogP) is 4.76. The highest BCUT2D eigenvalue weighted by Gasteiger charge is 2.15. The van der Waals surface area contributed by atoms with Crippen LogP contribution < -0.4 is 11.5 Å². The van der Waals surface area contributed by atoms with Gasteiger partial charge in [-0.2, -0.15) is 0 Å². The first-order chi connectivity index (χ1) is 13.5. The molecule has 0 bridgehead atoms. The smallest absolute Gasteiger partial charge is 0.137 e. The molecule has 0 aliphatic carbocycles. The first kappa shape index (κ1) is 18.0. The Bertz CT molecular complexity index is 1160. The second-order valence-corrected chi connectivity index (χ2v) is 7.28. The molecule has 0 aliphatic heterocycles. The Morgan fingerprint density at radius 1 is 1.00 bits per heavy atom. The van der Waals surface area contributed by atoms with E-state index in [4.69, 9.17) is 16.0 Å². The van der Waals surface area contributed by atoms with Gasteiger partial charge in [-0.15, -0.1) is 0 Å². The van der Waals surface area contributed by atoms with E-state index in [1.165, 1.54) is 0 Å². The first-order valence-corrected chi connectivity index (χ1v) is 9.40. The quantitative estimate of drug-likeness (QED) is 0.504. The zero-order chi connectivity index (χ0) is 19.8. The SMILES string of the molecule is Cc1ccc2ncccc2c1-c1cc(CCc2c(C)noc2C)cc(N)c1N. The maximum atomic E-state index is 6.41. The fraction of sp³-hybridized carbons (Fsp3) is 0.217. The Morgan fingerprint density at radius 3 is 2.57 bits per heavy atom. The van der Waals surface area contributed by atoms with Crippen LogP contribution >= 0.6 is 0 Å². The second-order valence-electron chi connectivity index (χ2n) is 7.28. The van der Waals surface area contributed by atoms with Gasteiger partial charge in [0.2, 0.25) is 0 Å². The summed E-state index contributed by atoms with van der Waals surface area (Å²) >= 11 is 0. The molecule has 0 saturated heterocycles. The van der Waals surface area contributed by atoms with Gasteiger partial charge in [0.05, 0.1) is 22.6 Å². The second kappa shape index (κ2) is 7.00. The van der Waals surface area contributed by atoms with E-state index in [-0.39, 0.29) is 0 Å². The summed E-state index contributed by atoms with van der Waals surface area (Å²) in [4.78, 5) is 4.48. The number of nitrogens with two attached hydrogens (primary N) is 2. The number of nitrogens with zero attached hydrogens (tertiary/aromatic N) is 2. The summed E-state index contributed by atoms with van der Waals surface area (Å²) in [6.45, 7) is 6.01. The third kappa shape index (κ3) is 3.09. The molecule has 2 aromatic carbocycles. The van der Waals surface area contributed by atoms with Crippen molar-refractivity contribution in [3.63, 3.8) is 0 Å². The van der Waals surface area contributed by atoms with Crippen molar-refractivity contribution in [2.75, 3.05) is 11.5 Å². The van der Waals surface area contributed by atoms with Crippen LogP contribution in [0.4, 0.5) is 11.4 Å². The fourth-order valence-electron chi connectivity index (χ4n) is 3.84. The van der Waals surface area contributed by atoms with Crippen molar-refractivity contribution in [3.05, 3.63) is 70.7 Å². The summed E-state index contributed by atoms with van der Waals surface area (Å²) in [6.07, 6.45) is 3.49. The van der Waals surface area contributed by atoms with Crippen LogP contribution in [-0.4, -0.2) is 10.1 Å². The number of anilines is 2. The van der Waals surface area contributed by atoms with E-state index in [9.17, 15) is 0 Å². The number of hydrogen-bond donors (Lipinski definition) is 2. The molecule has 4 aromatic rings. The molecule has 5 nitrogen and oxygen atoms in total. The zero-order valence-corrected chi connectivity index (χ0v) is 16.4. The monoisotopic (exact) mass is 372 g/mol. The summed E-state index contributed by atoms with van der Waals surface area (Å²) in [6, 6.07) is 12.3. The molecule has 2 heterocycles. The molecule has 0 saturated carbocycles. The van der Waals surface area contributed by atoms with Crippen LogP contribution in [0.25, 0.3) is 22.0 Å². The van der Waals surface area contributed by atoms with Gasteiger partial charge in [-0.25, -0.2) is 0 Å². The number of hydrogen-bond acceptors (Lipinski definition) is 5. The molecule has 28 heavy (non-hydrogen) atoms. The van der Waals surface area contributed by atoms with Gasteiger partial charge >= 0.3 is 0 Å². The number of aromatic nitrogens is 2. The third-order valence-corrected chi connectivity index (χ3v) is 5.38. The lowest BCUT2D eigenvalue weighted by Crippen LogP contribution is -2.02. The molecule has 0 radical (unpaired) electrons. The van der Waals surface area contributed by atoms with Gasteiger partial charge in [-0.1, -0.05) is 17.3 Å². The van der Waals surface area contributed by atoms with Gasteiger partial charge in [0, 0.05) is 22.7 Å². The van der Waals surface area contributed by atoms with Crippen molar-refractivity contribution in [2.24, 2.45) is 0 Å². The lowest BCUT2D eigenvalue weighted by Gasteiger charge is -2.16. The Labute approximate surface area is 164 Å². The van der Waals surface area contributed by atoms with Crippen molar-refractivity contribution < 1.29 is 4.52 Å². The molecular formula is C23H24N4O. The maximum Gasteiger partial charge on any atom is 0.137 e. The van der Waals surface area contributed by atoms with Crippen LogP contribution in [0.2, 0.25) is 0 Å². The molecule has 0 aliphatic rings. The van der Waals surface area contributed by atoms with E-state index in [0.717, 1.165) is 63.0 Å². The number of fused-ring (bicyclic) bond motifs is 1. The zero-order valence-electron chi connectivity index (χ0n) is 16.4. The standard InChI is InChI=1S/C23H24N4O/c1-13-6-9-21-18(5-4-10-26-21)22(13)19-11-16(12-20(24)23(19)25)7-8-17-14(2)27-28-15(17)3/h4-6,9-12H,7-8,24-25H2,1-3H3. The lowest BCUT2D eigenvalue weighted by atomic mass is 9.91. The highest BCUT2D eigenvalue weighted by Crippen LogP contribution is 2.38. The van der Waals surface area contributed by atoms with E-state index in [1.807, 2.05) is 32.0 Å². The van der Waals surface area contributed by atoms with Gasteiger partial charge < -0.3 is 16.0 Å². The fourth-order valence-corrected chi connectivity index (χ4v) is 3.84. The van der Waals surface area contributed by atoms with E-state index >= 15 is 0 Å². The minimum atomic E-state index is 0.603. The van der Waals surface area contributed by atoms with Gasteiger partial charge in [-0.05, 0) is 74.6 Å². The van der Waals surface area contributed by atoms with Crippen molar-refractivity contribution >= 4 is 22.3 Å². The van der Waals surface area contributed by atoms with E-state index in [2.05, 4.69) is 35.3 Å². The number of rotatable bonds is 4.